The maximum absolute atomic E-state index is 13.3. The number of hydrogen-bond acceptors (Lipinski definition) is 13. The minimum atomic E-state index is -1.09. The monoisotopic (exact) mass is 814 g/mol. The second-order valence-electron chi connectivity index (χ2n) is 16.7. The summed E-state index contributed by atoms with van der Waals surface area (Å²) in [6, 6.07) is -2.67. The molecule has 1 rings (SSSR count). The van der Waals surface area contributed by atoms with Crippen molar-refractivity contribution < 1.29 is 47.7 Å². The van der Waals surface area contributed by atoms with Crippen molar-refractivity contribution in [2.75, 3.05) is 39.5 Å². The van der Waals surface area contributed by atoms with E-state index in [9.17, 15) is 28.8 Å². The Morgan fingerprint density at radius 1 is 0.632 bits per heavy atom. The highest BCUT2D eigenvalue weighted by molar-refractivity contribution is 5.88. The molecule has 0 aromatic heterocycles. The van der Waals surface area contributed by atoms with Crippen LogP contribution in [-0.2, 0) is 47.7 Å². The Kier molecular flexibility index (Phi) is 26.2. The molecule has 1 aliphatic rings. The van der Waals surface area contributed by atoms with Gasteiger partial charge in [-0.15, -0.1) is 0 Å². The highest BCUT2D eigenvalue weighted by Crippen LogP contribution is 2.18. The summed E-state index contributed by atoms with van der Waals surface area (Å²) in [5, 5.41) is 11.3. The Balaban J connectivity index is 2.45. The zero-order valence-electron chi connectivity index (χ0n) is 35.6. The number of carbonyl (C=O) groups excluding carboxylic acids is 6. The highest BCUT2D eigenvalue weighted by Gasteiger charge is 2.29. The SMILES string of the molecule is CC(C)(C)OC(=O)C(N)CCC(=O)NC(CCC(=O)NCCOCCOCC(=O)NC(CCCCNN)C(=O)NC1CCCCCCCCC1)C(=O)OC(C)(C)C. The Bertz CT molecular complexity index is 1200. The first-order valence-corrected chi connectivity index (χ1v) is 20.9. The Morgan fingerprint density at radius 3 is 1.81 bits per heavy atom. The number of hydrogen-bond donors (Lipinski definition) is 7. The predicted octanol–water partition coefficient (Wildman–Crippen LogP) is 2.32. The first-order valence-electron chi connectivity index (χ1n) is 20.9. The molecule has 1 fully saturated rings. The van der Waals surface area contributed by atoms with Gasteiger partial charge in [-0.25, -0.2) is 4.79 Å². The van der Waals surface area contributed by atoms with E-state index in [1.807, 2.05) is 0 Å². The van der Waals surface area contributed by atoms with Gasteiger partial charge in [0.2, 0.25) is 23.6 Å². The van der Waals surface area contributed by atoms with Gasteiger partial charge in [-0.1, -0.05) is 44.9 Å². The van der Waals surface area contributed by atoms with Crippen molar-refractivity contribution in [1.29, 1.82) is 0 Å². The third kappa shape index (κ3) is 27.8. The van der Waals surface area contributed by atoms with Crippen LogP contribution in [-0.4, -0.2) is 110 Å². The van der Waals surface area contributed by atoms with Gasteiger partial charge in [-0.05, 0) is 86.5 Å². The number of unbranched alkanes of at least 4 members (excludes halogenated alkanes) is 1. The van der Waals surface area contributed by atoms with Crippen molar-refractivity contribution in [3.63, 3.8) is 0 Å². The van der Waals surface area contributed by atoms with Gasteiger partial charge in [0.05, 0.1) is 19.8 Å². The largest absolute Gasteiger partial charge is 0.459 e. The first-order chi connectivity index (χ1) is 26.9. The summed E-state index contributed by atoms with van der Waals surface area (Å²) in [6.07, 6.45) is 11.9. The Labute approximate surface area is 340 Å². The molecule has 0 aliphatic heterocycles. The number of ether oxygens (including phenoxy) is 4. The molecule has 0 bridgehead atoms. The molecule has 0 aromatic carbocycles. The van der Waals surface area contributed by atoms with Crippen LogP contribution in [0.5, 0.6) is 0 Å². The molecule has 57 heavy (non-hydrogen) atoms. The normalized spacial score (nSPS) is 16.0. The highest BCUT2D eigenvalue weighted by atomic mass is 16.6. The molecular weight excluding hydrogens is 738 g/mol. The van der Waals surface area contributed by atoms with Crippen LogP contribution in [0, 0.1) is 0 Å². The summed E-state index contributed by atoms with van der Waals surface area (Å²) in [7, 11) is 0. The summed E-state index contributed by atoms with van der Waals surface area (Å²) < 4.78 is 21.7. The van der Waals surface area contributed by atoms with Gasteiger partial charge in [-0.2, -0.15) is 0 Å². The number of rotatable bonds is 25. The molecule has 0 radical (unpaired) electrons. The van der Waals surface area contributed by atoms with Gasteiger partial charge >= 0.3 is 11.9 Å². The van der Waals surface area contributed by atoms with Gasteiger partial charge in [0.15, 0.2) is 0 Å². The van der Waals surface area contributed by atoms with Crippen LogP contribution in [0.15, 0.2) is 0 Å². The molecule has 17 heteroatoms. The standard InChI is InChI=1S/C40H75N7O10/c1-39(2,3)56-37(52)30(41)19-21-34(49)47-32(38(53)57-40(4,5)6)20-22-33(48)43-24-25-54-26-27-55-28-35(50)46-31(18-14-15-23-44-42)36(51)45-29-16-12-10-8-7-9-11-13-17-29/h29-32,44H,7-28,41-42H2,1-6H3,(H,43,48)(H,45,51)(H,46,50)(H,47,49). The summed E-state index contributed by atoms with van der Waals surface area (Å²) in [5.74, 6) is 2.63. The van der Waals surface area contributed by atoms with Crippen LogP contribution < -0.4 is 38.3 Å². The van der Waals surface area contributed by atoms with Gasteiger partial charge in [0.1, 0.15) is 35.9 Å². The second kappa shape index (κ2) is 28.9. The molecule has 0 saturated heterocycles. The van der Waals surface area contributed by atoms with Crippen LogP contribution in [0.1, 0.15) is 144 Å². The molecule has 1 saturated carbocycles. The van der Waals surface area contributed by atoms with Crippen LogP contribution in [0.3, 0.4) is 0 Å². The van der Waals surface area contributed by atoms with E-state index in [4.69, 9.17) is 30.5 Å². The fourth-order valence-electron chi connectivity index (χ4n) is 6.02. The number of esters is 2. The molecule has 0 aromatic rings. The van der Waals surface area contributed by atoms with Crippen LogP contribution in [0.2, 0.25) is 0 Å². The van der Waals surface area contributed by atoms with E-state index >= 15 is 0 Å². The molecule has 3 unspecified atom stereocenters. The van der Waals surface area contributed by atoms with E-state index in [0.29, 0.717) is 19.4 Å². The number of nitrogens with two attached hydrogens (primary N) is 2. The van der Waals surface area contributed by atoms with E-state index < -0.39 is 53.1 Å². The maximum Gasteiger partial charge on any atom is 0.329 e. The lowest BCUT2D eigenvalue weighted by Gasteiger charge is -2.25. The minimum Gasteiger partial charge on any atom is -0.459 e. The lowest BCUT2D eigenvalue weighted by Crippen LogP contribution is -2.50. The Morgan fingerprint density at radius 2 is 1.19 bits per heavy atom. The van der Waals surface area contributed by atoms with Crippen molar-refractivity contribution in [2.24, 2.45) is 11.6 Å². The zero-order valence-corrected chi connectivity index (χ0v) is 35.6. The average Bonchev–Trinajstić information content (AvgIpc) is 3.12. The topological polar surface area (TPSA) is 252 Å². The predicted molar refractivity (Wildman–Crippen MR) is 216 cm³/mol. The zero-order chi connectivity index (χ0) is 42.7. The lowest BCUT2D eigenvalue weighted by atomic mass is 9.97. The minimum absolute atomic E-state index is 0.00820. The first kappa shape index (κ1) is 51.6. The Hall–Kier alpha value is -3.38. The van der Waals surface area contributed by atoms with Crippen molar-refractivity contribution in [1.82, 2.24) is 26.7 Å². The summed E-state index contributed by atoms with van der Waals surface area (Å²) in [4.78, 5) is 76.2. The molecular formula is C40H75N7O10. The van der Waals surface area contributed by atoms with E-state index in [1.165, 1.54) is 32.1 Å². The van der Waals surface area contributed by atoms with E-state index in [0.717, 1.165) is 32.1 Å². The van der Waals surface area contributed by atoms with Gasteiger partial charge in [0.25, 0.3) is 0 Å². The van der Waals surface area contributed by atoms with Crippen molar-refractivity contribution in [3.8, 4) is 0 Å². The van der Waals surface area contributed by atoms with Crippen molar-refractivity contribution >= 4 is 35.6 Å². The number of amides is 4. The molecule has 330 valence electrons. The molecule has 4 amide bonds. The van der Waals surface area contributed by atoms with Crippen LogP contribution >= 0.6 is 0 Å². The molecule has 1 aliphatic carbocycles. The van der Waals surface area contributed by atoms with Gasteiger partial charge < -0.3 is 45.9 Å². The fraction of sp³-hybridized carbons (Fsp3) is 0.850. The average molecular weight is 814 g/mol. The van der Waals surface area contributed by atoms with Crippen molar-refractivity contribution in [2.45, 2.75) is 180 Å². The van der Waals surface area contributed by atoms with Crippen LogP contribution in [0.25, 0.3) is 0 Å². The summed E-state index contributed by atoms with van der Waals surface area (Å²) in [6.45, 7) is 11.3. The lowest BCUT2D eigenvalue weighted by molar-refractivity contribution is -0.159. The maximum atomic E-state index is 13.3. The number of nitrogens with one attached hydrogen (secondary N) is 5. The third-order valence-electron chi connectivity index (χ3n) is 8.92. The number of carbonyl (C=O) groups is 6. The van der Waals surface area contributed by atoms with E-state index in [1.54, 1.807) is 41.5 Å². The van der Waals surface area contributed by atoms with Gasteiger partial charge in [-0.3, -0.25) is 35.2 Å². The van der Waals surface area contributed by atoms with Crippen molar-refractivity contribution in [3.05, 3.63) is 0 Å². The van der Waals surface area contributed by atoms with E-state index in [2.05, 4.69) is 26.7 Å². The molecule has 3 atom stereocenters. The third-order valence-corrected chi connectivity index (χ3v) is 8.92. The van der Waals surface area contributed by atoms with E-state index in [-0.39, 0.29) is 76.5 Å². The fourth-order valence-corrected chi connectivity index (χ4v) is 6.02. The van der Waals surface area contributed by atoms with Gasteiger partial charge in [0, 0.05) is 32.0 Å². The molecule has 17 nitrogen and oxygen atoms in total. The summed E-state index contributed by atoms with van der Waals surface area (Å²) >= 11 is 0. The molecule has 9 N–H and O–H groups in total. The van der Waals surface area contributed by atoms with Crippen LogP contribution in [0.4, 0.5) is 0 Å². The molecule has 0 spiro atoms. The number of hydrazine groups is 1. The summed E-state index contributed by atoms with van der Waals surface area (Å²) in [5.41, 5.74) is 6.96. The quantitative estimate of drug-likeness (QED) is 0.0303. The molecule has 0 heterocycles. The smallest absolute Gasteiger partial charge is 0.329 e. The second-order valence-corrected chi connectivity index (χ2v) is 16.7.